The Hall–Kier alpha value is -5.34. The molecule has 1 fully saturated rings. The fourth-order valence-electron chi connectivity index (χ4n) is 9.49. The van der Waals surface area contributed by atoms with Gasteiger partial charge in [0.15, 0.2) is 0 Å². The average Bonchev–Trinajstić information content (AvgIpc) is 4.13. The summed E-state index contributed by atoms with van der Waals surface area (Å²) in [6, 6.07) is 13.6. The van der Waals surface area contributed by atoms with Gasteiger partial charge in [0.2, 0.25) is 0 Å². The van der Waals surface area contributed by atoms with Crippen molar-refractivity contribution >= 4 is 23.1 Å². The van der Waals surface area contributed by atoms with Crippen LogP contribution in [0.4, 0.5) is 0 Å². The van der Waals surface area contributed by atoms with E-state index in [2.05, 4.69) is 155 Å². The van der Waals surface area contributed by atoms with Crippen LogP contribution in [-0.2, 0) is 0 Å². The number of hydrogen-bond acceptors (Lipinski definition) is 2. The smallest absolute Gasteiger partial charge is 0.0892 e. The van der Waals surface area contributed by atoms with Gasteiger partial charge in [0.05, 0.1) is 11.4 Å². The van der Waals surface area contributed by atoms with Gasteiger partial charge in [-0.25, -0.2) is 0 Å². The van der Waals surface area contributed by atoms with Gasteiger partial charge < -0.3 is 0 Å². The molecule has 0 spiro atoms. The topological polar surface area (TPSA) is 25.2 Å². The zero-order chi connectivity index (χ0) is 37.5. The Labute approximate surface area is 328 Å². The lowest BCUT2D eigenvalue weighted by atomic mass is 9.80. The number of rotatable bonds is 11. The van der Waals surface area contributed by atoms with Gasteiger partial charge in [0, 0.05) is 29.7 Å². The molecule has 2 heteroatoms. The number of aromatic nitrogens is 1. The molecule has 274 valence electrons. The van der Waals surface area contributed by atoms with E-state index < -0.39 is 0 Å². The molecule has 55 heavy (non-hydrogen) atoms. The summed E-state index contributed by atoms with van der Waals surface area (Å²) in [6.07, 6.45) is 44.9. The number of pyridine rings is 1. The SMILES string of the molecule is C=C(CC(C)=CC(=CCCC)C1=CC=CC(C2=C3C4=C(C=CC5CC45)c4ccccc4C32)C=C1)c1cc(C2=CCC=CC=N2)nc(C2C=CC=CC2CC)c1. The van der Waals surface area contributed by atoms with Crippen LogP contribution in [0.25, 0.3) is 16.8 Å². The number of aliphatic imine (C=N–C) groups is 1. The van der Waals surface area contributed by atoms with E-state index >= 15 is 0 Å². The number of allylic oxidation sites excluding steroid dienone is 24. The highest BCUT2D eigenvalue weighted by atomic mass is 14.8. The summed E-state index contributed by atoms with van der Waals surface area (Å²) in [4.78, 5) is 9.99. The highest BCUT2D eigenvalue weighted by molar-refractivity contribution is 5.92. The minimum absolute atomic E-state index is 0.232. The third kappa shape index (κ3) is 6.93. The van der Waals surface area contributed by atoms with E-state index in [1.807, 2.05) is 12.3 Å². The Morgan fingerprint density at radius 3 is 2.73 bits per heavy atom. The Morgan fingerprint density at radius 1 is 0.945 bits per heavy atom. The minimum Gasteiger partial charge on any atom is -0.255 e. The molecule has 7 aliphatic rings. The predicted octanol–water partition coefficient (Wildman–Crippen LogP) is 13.5. The maximum atomic E-state index is 5.23. The van der Waals surface area contributed by atoms with E-state index in [0.29, 0.717) is 17.8 Å². The van der Waals surface area contributed by atoms with Crippen molar-refractivity contribution in [2.75, 3.05) is 0 Å². The molecule has 2 aromatic rings. The Kier molecular flexibility index (Phi) is 9.69. The number of fused-ring (bicyclic) bond motifs is 7. The number of hydrogen-bond donors (Lipinski definition) is 0. The highest BCUT2D eigenvalue weighted by Crippen LogP contribution is 2.67. The van der Waals surface area contributed by atoms with Crippen LogP contribution in [0.15, 0.2) is 179 Å². The van der Waals surface area contributed by atoms with E-state index in [-0.39, 0.29) is 5.92 Å². The van der Waals surface area contributed by atoms with Gasteiger partial charge >= 0.3 is 0 Å². The van der Waals surface area contributed by atoms with E-state index in [4.69, 9.17) is 9.98 Å². The summed E-state index contributed by atoms with van der Waals surface area (Å²) in [5.74, 6) is 2.91. The molecule has 0 amide bonds. The van der Waals surface area contributed by atoms with Gasteiger partial charge in [-0.1, -0.05) is 148 Å². The molecule has 6 unspecified atom stereocenters. The van der Waals surface area contributed by atoms with Gasteiger partial charge in [-0.2, -0.15) is 0 Å². The van der Waals surface area contributed by atoms with Crippen molar-refractivity contribution < 1.29 is 0 Å². The molecule has 2 nitrogen and oxygen atoms in total. The third-order valence-corrected chi connectivity index (χ3v) is 12.5. The van der Waals surface area contributed by atoms with Crippen molar-refractivity contribution in [3.05, 3.63) is 202 Å². The Morgan fingerprint density at radius 2 is 1.84 bits per heavy atom. The van der Waals surface area contributed by atoms with Crippen molar-refractivity contribution in [2.24, 2.45) is 28.7 Å². The standard InChI is InChI=1S/C53H52N2/c1-5-7-16-39(37-18-15-19-38(25-24-37)50-52-44-22-13-12-21-43(44)45-27-26-40-31-46(40)51(45)53(50)52)30-34(3)29-35(4)41-32-48(42-20-11-10-17-36(42)6-2)55-49(33-41)47-23-9-8-14-28-54-47/h8,10-28,30,32-33,36,38,40,42,46,52H,4-7,9,29,31H2,1-3H3. The molecule has 0 radical (unpaired) electrons. The monoisotopic (exact) mass is 716 g/mol. The zero-order valence-electron chi connectivity index (χ0n) is 32.6. The first-order valence-corrected chi connectivity index (χ1v) is 20.7. The second-order valence-electron chi connectivity index (χ2n) is 16.3. The summed E-state index contributed by atoms with van der Waals surface area (Å²) in [5.41, 5.74) is 18.4. The van der Waals surface area contributed by atoms with Crippen LogP contribution >= 0.6 is 0 Å². The molecule has 1 saturated carbocycles. The molecule has 0 bridgehead atoms. The van der Waals surface area contributed by atoms with Crippen molar-refractivity contribution in [1.29, 1.82) is 0 Å². The van der Waals surface area contributed by atoms with Gasteiger partial charge in [-0.15, -0.1) is 0 Å². The fourth-order valence-corrected chi connectivity index (χ4v) is 9.49. The summed E-state index contributed by atoms with van der Waals surface area (Å²) < 4.78 is 0. The molecule has 6 aliphatic carbocycles. The third-order valence-electron chi connectivity index (χ3n) is 12.5. The first-order chi connectivity index (χ1) is 27.0. The Balaban J connectivity index is 0.972. The lowest BCUT2D eigenvalue weighted by Crippen LogP contribution is -2.13. The van der Waals surface area contributed by atoms with Gasteiger partial charge in [0.25, 0.3) is 0 Å². The predicted molar refractivity (Wildman–Crippen MR) is 233 cm³/mol. The van der Waals surface area contributed by atoms with Crippen LogP contribution in [-0.4, -0.2) is 11.2 Å². The molecular weight excluding hydrogens is 665 g/mol. The quantitative estimate of drug-likeness (QED) is 0.213. The van der Waals surface area contributed by atoms with Gasteiger partial charge in [0.1, 0.15) is 0 Å². The van der Waals surface area contributed by atoms with Crippen molar-refractivity contribution in [3.63, 3.8) is 0 Å². The lowest BCUT2D eigenvalue weighted by molar-refractivity contribution is 0.548. The first-order valence-electron chi connectivity index (χ1n) is 20.7. The molecule has 1 aromatic carbocycles. The molecule has 0 N–H and O–H groups in total. The Bertz CT molecular complexity index is 2350. The van der Waals surface area contributed by atoms with Crippen molar-refractivity contribution in [3.8, 4) is 0 Å². The van der Waals surface area contributed by atoms with E-state index in [1.54, 1.807) is 16.7 Å². The van der Waals surface area contributed by atoms with Crippen LogP contribution < -0.4 is 0 Å². The molecule has 2 heterocycles. The highest BCUT2D eigenvalue weighted by Gasteiger charge is 2.53. The van der Waals surface area contributed by atoms with Gasteiger partial charge in [-0.05, 0) is 131 Å². The van der Waals surface area contributed by atoms with Crippen LogP contribution in [0.5, 0.6) is 0 Å². The van der Waals surface area contributed by atoms with Gasteiger partial charge in [-0.3, -0.25) is 9.98 Å². The molecule has 1 aromatic heterocycles. The van der Waals surface area contributed by atoms with E-state index in [9.17, 15) is 0 Å². The maximum absolute atomic E-state index is 5.23. The summed E-state index contributed by atoms with van der Waals surface area (Å²) >= 11 is 0. The largest absolute Gasteiger partial charge is 0.255 e. The van der Waals surface area contributed by atoms with Crippen LogP contribution in [0, 0.1) is 23.7 Å². The van der Waals surface area contributed by atoms with Crippen molar-refractivity contribution in [2.45, 2.75) is 71.1 Å². The van der Waals surface area contributed by atoms with Crippen LogP contribution in [0.3, 0.4) is 0 Å². The van der Waals surface area contributed by atoms with Crippen LogP contribution in [0.1, 0.15) is 99.2 Å². The first kappa shape index (κ1) is 35.4. The zero-order valence-corrected chi connectivity index (χ0v) is 32.6. The average molecular weight is 717 g/mol. The summed E-state index contributed by atoms with van der Waals surface area (Å²) in [7, 11) is 0. The molecule has 9 rings (SSSR count). The lowest BCUT2D eigenvalue weighted by Gasteiger charge is -2.24. The second-order valence-corrected chi connectivity index (χ2v) is 16.3. The normalized spacial score (nSPS) is 27.2. The fraction of sp³-hybridized carbons (Fsp3) is 0.283. The molecule has 1 aliphatic heterocycles. The number of unbranched alkanes of at least 4 members (excludes halogenated alkanes) is 1. The van der Waals surface area contributed by atoms with Crippen LogP contribution in [0.2, 0.25) is 0 Å². The molecule has 6 atom stereocenters. The molecular formula is C53H52N2. The van der Waals surface area contributed by atoms with E-state index in [1.165, 1.54) is 39.8 Å². The van der Waals surface area contributed by atoms with E-state index in [0.717, 1.165) is 72.2 Å². The molecule has 0 saturated heterocycles. The summed E-state index contributed by atoms with van der Waals surface area (Å²) in [5, 5.41) is 0. The summed E-state index contributed by atoms with van der Waals surface area (Å²) in [6.45, 7) is 11.5. The number of nitrogens with zero attached hydrogens (tertiary/aromatic N) is 2. The second kappa shape index (κ2) is 15.1. The minimum atomic E-state index is 0.232. The maximum Gasteiger partial charge on any atom is 0.0892 e. The van der Waals surface area contributed by atoms with Crippen molar-refractivity contribution in [1.82, 2.24) is 4.98 Å². The number of benzene rings is 1.